The fraction of sp³-hybridized carbons (Fsp3) is 0.716. The van der Waals surface area contributed by atoms with E-state index in [9.17, 15) is 24.0 Å². The van der Waals surface area contributed by atoms with Gasteiger partial charge in [-0.3, -0.25) is 43.7 Å². The summed E-state index contributed by atoms with van der Waals surface area (Å²) >= 11 is 0. The zero-order chi connectivity index (χ0) is 64.4. The molecule has 20 heteroatoms. The number of ether oxygens (including phenoxy) is 3. The maximum atomic E-state index is 13.9. The summed E-state index contributed by atoms with van der Waals surface area (Å²) in [6.07, 6.45) is 9.73. The Hall–Kier alpha value is -5.19. The molecule has 5 fully saturated rings. The van der Waals surface area contributed by atoms with Gasteiger partial charge in [-0.05, 0) is 124 Å². The summed E-state index contributed by atoms with van der Waals surface area (Å²) in [7, 11) is 7.84. The number of piperazine rings is 1. The largest absolute Gasteiger partial charge is 0.459 e. The summed E-state index contributed by atoms with van der Waals surface area (Å²) in [5, 5.41) is 3.29. The number of amides is 2. The van der Waals surface area contributed by atoms with Gasteiger partial charge >= 0.3 is 11.9 Å². The molecule has 1 aromatic heterocycles. The van der Waals surface area contributed by atoms with Crippen molar-refractivity contribution in [3.8, 4) is 0 Å². The normalized spacial score (nSPS) is 21.2. The minimum atomic E-state index is -0.625. The average Bonchev–Trinajstić information content (AvgIpc) is 0.683. The van der Waals surface area contributed by atoms with Crippen LogP contribution in [0.15, 0.2) is 42.1 Å². The van der Waals surface area contributed by atoms with Gasteiger partial charge in [-0.2, -0.15) is 0 Å². The van der Waals surface area contributed by atoms with Gasteiger partial charge in [-0.1, -0.05) is 43.3 Å². The van der Waals surface area contributed by atoms with Gasteiger partial charge in [0.05, 0.1) is 77.5 Å². The number of aromatic nitrogens is 2. The first-order valence-electron chi connectivity index (χ1n) is 31.9. The monoisotopic (exact) mass is 1210 g/mol. The van der Waals surface area contributed by atoms with Gasteiger partial charge in [-0.15, -0.1) is 0 Å². The number of quaternary nitrogens is 1. The summed E-state index contributed by atoms with van der Waals surface area (Å²) in [5.41, 5.74) is 11.4. The number of nitrogens with one attached hydrogen (secondary N) is 1. The number of methoxy groups -OCH3 is 1. The van der Waals surface area contributed by atoms with Gasteiger partial charge in [0.25, 0.3) is 0 Å². The average molecular weight is 1210 g/mol. The first-order valence-corrected chi connectivity index (χ1v) is 31.9. The highest BCUT2D eigenvalue weighted by molar-refractivity contribution is 5.86. The van der Waals surface area contributed by atoms with E-state index in [1.54, 1.807) is 12.0 Å². The van der Waals surface area contributed by atoms with Crippen LogP contribution in [0.2, 0.25) is 0 Å². The summed E-state index contributed by atoms with van der Waals surface area (Å²) in [6, 6.07) is 10.7. The van der Waals surface area contributed by atoms with Crippen LogP contribution in [0.25, 0.3) is 11.6 Å². The van der Waals surface area contributed by atoms with Gasteiger partial charge in [0, 0.05) is 135 Å². The topological polar surface area (TPSA) is 200 Å². The number of hydrogen-bond donors (Lipinski definition) is 2. The van der Waals surface area contributed by atoms with E-state index in [1.165, 1.54) is 11.1 Å². The van der Waals surface area contributed by atoms with Crippen molar-refractivity contribution in [1.82, 2.24) is 49.6 Å². The maximum Gasteiger partial charge on any atom is 0.320 e. The van der Waals surface area contributed by atoms with Crippen molar-refractivity contribution in [1.29, 1.82) is 0 Å². The summed E-state index contributed by atoms with van der Waals surface area (Å²) in [5.74, 6) is 0.249. The number of rotatable bonds is 24. The number of benzene rings is 1. The van der Waals surface area contributed by atoms with Crippen molar-refractivity contribution in [2.24, 2.45) is 16.6 Å². The van der Waals surface area contributed by atoms with Crippen LogP contribution < -0.4 is 11.1 Å². The fourth-order valence-corrected chi connectivity index (χ4v) is 11.8. The number of nitrogens with zero attached hydrogens (tertiary/aromatic N) is 10. The predicted molar refractivity (Wildman–Crippen MR) is 346 cm³/mol. The van der Waals surface area contributed by atoms with E-state index in [0.717, 1.165) is 113 Å². The molecule has 2 bridgehead atoms. The number of aryl methyl sites for hydroxylation is 2. The Labute approximate surface area is 523 Å². The molecule has 2 amide bonds. The van der Waals surface area contributed by atoms with E-state index in [4.69, 9.17) is 29.9 Å². The highest BCUT2D eigenvalue weighted by Crippen LogP contribution is 2.73. The third kappa shape index (κ3) is 25.3. The molecule has 3 heterocycles. The Morgan fingerprint density at radius 2 is 1.15 bits per heavy atom. The molecule has 2 aromatic rings. The van der Waals surface area contributed by atoms with Gasteiger partial charge < -0.3 is 44.3 Å². The summed E-state index contributed by atoms with van der Waals surface area (Å²) < 4.78 is 16.9. The van der Waals surface area contributed by atoms with E-state index in [0.29, 0.717) is 76.4 Å². The molecule has 3 saturated carbocycles. The van der Waals surface area contributed by atoms with Crippen LogP contribution in [0.3, 0.4) is 0 Å². The maximum absolute atomic E-state index is 13.9. The van der Waals surface area contributed by atoms with E-state index >= 15 is 0 Å². The van der Waals surface area contributed by atoms with Crippen LogP contribution in [0, 0.1) is 24.7 Å². The molecule has 3 N–H and O–H groups in total. The van der Waals surface area contributed by atoms with Crippen LogP contribution in [0.1, 0.15) is 123 Å². The Morgan fingerprint density at radius 1 is 0.690 bits per heavy atom. The number of likely N-dealkylation sites (N-methyl/N-ethyl adjacent to an activating group) is 2. The van der Waals surface area contributed by atoms with E-state index in [2.05, 4.69) is 77.5 Å². The van der Waals surface area contributed by atoms with Crippen LogP contribution in [0.4, 0.5) is 0 Å². The molecule has 2 saturated heterocycles. The number of carbonyl (C=O) groups excluding carboxylic acids is 5. The Balaban J connectivity index is 0.00000218. The molecule has 0 unspecified atom stereocenters. The number of nitrogens with two attached hydrogens (primary N) is 1. The number of hydrogen-bond acceptors (Lipinski definition) is 17. The summed E-state index contributed by atoms with van der Waals surface area (Å²) in [4.78, 5) is 89.7. The van der Waals surface area contributed by atoms with Crippen LogP contribution in [-0.2, 0) is 44.6 Å². The van der Waals surface area contributed by atoms with Gasteiger partial charge in [0.15, 0.2) is 5.82 Å². The van der Waals surface area contributed by atoms with E-state index in [-0.39, 0.29) is 66.4 Å². The van der Waals surface area contributed by atoms with Gasteiger partial charge in [-0.25, -0.2) is 9.97 Å². The van der Waals surface area contributed by atoms with Crippen molar-refractivity contribution < 1.29 is 42.7 Å². The van der Waals surface area contributed by atoms with Crippen molar-refractivity contribution >= 4 is 41.7 Å². The molecule has 87 heavy (non-hydrogen) atoms. The number of allylic oxidation sites excluding steroid dienone is 2. The Bertz CT molecular complexity index is 2530. The second-order valence-electron chi connectivity index (χ2n) is 28.8. The molecule has 2 aliphatic heterocycles. The molecular formula is C67H113N12O8+. The zero-order valence-corrected chi connectivity index (χ0v) is 56.5. The third-order valence-electron chi connectivity index (χ3n) is 16.9. The lowest BCUT2D eigenvalue weighted by molar-refractivity contribution is -0.888. The first kappa shape index (κ1) is 72.6. The molecule has 488 valence electrons. The smallest absolute Gasteiger partial charge is 0.320 e. The minimum Gasteiger partial charge on any atom is -0.459 e. The van der Waals surface area contributed by atoms with Crippen molar-refractivity contribution in [2.75, 3.05) is 172 Å². The second kappa shape index (κ2) is 32.5. The third-order valence-corrected chi connectivity index (χ3v) is 16.9. The lowest BCUT2D eigenvalue weighted by atomic mass is 9.34. The number of aldehydes is 1. The predicted octanol–water partition coefficient (Wildman–Crippen LogP) is 5.40. The van der Waals surface area contributed by atoms with Crippen LogP contribution in [-0.4, -0.2) is 268 Å². The highest BCUT2D eigenvalue weighted by Gasteiger charge is 2.71. The zero-order valence-electron chi connectivity index (χ0n) is 56.5. The summed E-state index contributed by atoms with van der Waals surface area (Å²) in [6.45, 7) is 36.7. The Kier molecular flexibility index (Phi) is 27.1. The van der Waals surface area contributed by atoms with E-state index < -0.39 is 11.2 Å². The molecule has 0 radical (unpaired) electrons. The lowest BCUT2D eigenvalue weighted by Crippen LogP contribution is -2.71. The quantitative estimate of drug-likeness (QED) is 0.0768. The first-order chi connectivity index (χ1) is 40.7. The molecular weight excluding hydrogens is 1100 g/mol. The second-order valence-corrected chi connectivity index (χ2v) is 28.8. The minimum absolute atomic E-state index is 0.0158. The van der Waals surface area contributed by atoms with Crippen LogP contribution in [0.5, 0.6) is 0 Å². The van der Waals surface area contributed by atoms with Crippen molar-refractivity contribution in [3.05, 3.63) is 70.4 Å². The number of esters is 2. The molecule has 0 spiro atoms. The van der Waals surface area contributed by atoms with Crippen LogP contribution >= 0.6 is 0 Å². The number of carbonyl (C=O) groups is 5. The molecule has 1 aromatic carbocycles. The standard InChI is InChI=1S/C62H100N12O7.C5H12O/c1-13-53(63)52(57-65-48(2)39-49(3)66-57)40-51-18-16-50(17-19-51)15-14-21-68-24-32-73(33-25-68)47-61-44-62(45-61,46-61)58(79)64-20-36-74(11,12)37-34-67(10)54(76)41-70-28-30-71(42-55(77)80-59(4,5)6)26-22-69(35-38-75)23-27-72(31-29-70)43-56(78)81-60(7,8)9;1-5(2,3)6-4/h14-19,38-39H,13,20-37,40-47H2,1-12H3,(H2-,63,64,65,66,79);1-4H3/p+1/b15-14+;. The molecule has 7 rings (SSSR count). The Morgan fingerprint density at radius 3 is 1.61 bits per heavy atom. The van der Waals surface area contributed by atoms with Gasteiger partial charge in [0.1, 0.15) is 17.5 Å². The van der Waals surface area contributed by atoms with E-state index in [1.807, 2.05) is 104 Å². The molecule has 20 nitrogen and oxygen atoms in total. The van der Waals surface area contributed by atoms with Crippen molar-refractivity contribution in [2.45, 2.75) is 132 Å². The lowest BCUT2D eigenvalue weighted by Gasteiger charge is -2.70. The highest BCUT2D eigenvalue weighted by atomic mass is 16.6. The van der Waals surface area contributed by atoms with Crippen molar-refractivity contribution in [3.63, 3.8) is 0 Å². The molecule has 0 atom stereocenters. The van der Waals surface area contributed by atoms with Gasteiger partial charge in [0.2, 0.25) is 11.8 Å². The fourth-order valence-electron chi connectivity index (χ4n) is 11.8. The SMILES string of the molecule is CC/C(N)=C(\Cc1ccc(/C=C/CN2CCN(CC34CC(C(=O)NCC[N+](C)(C)CCN(C)C(=O)CN5CCN(CC(=O)OC(C)(C)C)CCN(CC=O)CCN(CC(=O)OC(C)(C)C)CC5)(C3)C4)CC2)cc1)c1nc(C)cc(C)n1.COC(C)(C)C. The molecule has 3 aliphatic carbocycles. The molecule has 5 aliphatic rings.